The molecule has 0 unspecified atom stereocenters. The van der Waals surface area contributed by atoms with Crippen molar-refractivity contribution in [2.45, 2.75) is 6.42 Å². The summed E-state index contributed by atoms with van der Waals surface area (Å²) in [6.07, 6.45) is 4.32. The minimum absolute atomic E-state index is 0.598. The number of nitrogens with two attached hydrogens (primary N) is 1. The third kappa shape index (κ3) is 1.97. The molecule has 2 N–H and O–H groups in total. The lowest BCUT2D eigenvalue weighted by molar-refractivity contribution is 0.952. The maximum Gasteiger partial charge on any atom is 0.160 e. The number of rotatable bonds is 2. The molecule has 90 valence electrons. The summed E-state index contributed by atoms with van der Waals surface area (Å²) >= 11 is 3.47. The lowest BCUT2D eigenvalue weighted by atomic mass is 10.1. The SMILES string of the molecule is Nc1ccnc2c(Cc3cccc(Br)c3)cnn12. The minimum atomic E-state index is 0.598. The zero-order chi connectivity index (χ0) is 12.5. The Morgan fingerprint density at radius 3 is 3.00 bits per heavy atom. The molecule has 5 heteroatoms. The highest BCUT2D eigenvalue weighted by Crippen LogP contribution is 2.18. The van der Waals surface area contributed by atoms with Gasteiger partial charge in [0.1, 0.15) is 5.82 Å². The molecular formula is C13H11BrN4. The average Bonchev–Trinajstić information content (AvgIpc) is 2.74. The van der Waals surface area contributed by atoms with Gasteiger partial charge in [-0.25, -0.2) is 4.98 Å². The Labute approximate surface area is 113 Å². The zero-order valence-electron chi connectivity index (χ0n) is 9.55. The van der Waals surface area contributed by atoms with Gasteiger partial charge >= 0.3 is 0 Å². The molecule has 0 radical (unpaired) electrons. The standard InChI is InChI=1S/C13H11BrN4/c14-11-3-1-2-9(7-11)6-10-8-17-18-12(15)4-5-16-13(10)18/h1-5,7-8H,6,15H2. The summed E-state index contributed by atoms with van der Waals surface area (Å²) in [5, 5.41) is 4.25. The molecule has 18 heavy (non-hydrogen) atoms. The fourth-order valence-corrected chi connectivity index (χ4v) is 2.40. The summed E-state index contributed by atoms with van der Waals surface area (Å²) in [5.74, 6) is 0.598. The van der Waals surface area contributed by atoms with Crippen LogP contribution in [0.1, 0.15) is 11.1 Å². The number of hydrogen-bond donors (Lipinski definition) is 1. The Hall–Kier alpha value is -1.88. The Kier molecular flexibility index (Phi) is 2.76. The molecule has 2 aromatic heterocycles. The molecule has 4 nitrogen and oxygen atoms in total. The van der Waals surface area contributed by atoms with Gasteiger partial charge in [0.05, 0.1) is 6.20 Å². The molecule has 0 saturated heterocycles. The number of benzene rings is 1. The molecule has 0 fully saturated rings. The van der Waals surface area contributed by atoms with Crippen LogP contribution >= 0.6 is 15.9 Å². The highest BCUT2D eigenvalue weighted by atomic mass is 79.9. The van der Waals surface area contributed by atoms with Gasteiger partial charge < -0.3 is 5.73 Å². The van der Waals surface area contributed by atoms with Crippen LogP contribution in [0.3, 0.4) is 0 Å². The van der Waals surface area contributed by atoms with Crippen molar-refractivity contribution in [2.24, 2.45) is 0 Å². The van der Waals surface area contributed by atoms with E-state index in [4.69, 9.17) is 5.73 Å². The van der Waals surface area contributed by atoms with E-state index in [-0.39, 0.29) is 0 Å². The molecule has 0 bridgehead atoms. The quantitative estimate of drug-likeness (QED) is 0.792. The molecule has 0 aliphatic heterocycles. The van der Waals surface area contributed by atoms with Crippen LogP contribution in [-0.4, -0.2) is 14.6 Å². The predicted octanol–water partition coefficient (Wildman–Crippen LogP) is 2.66. The summed E-state index contributed by atoms with van der Waals surface area (Å²) < 4.78 is 2.73. The molecule has 0 saturated carbocycles. The summed E-state index contributed by atoms with van der Waals surface area (Å²) in [4.78, 5) is 4.33. The van der Waals surface area contributed by atoms with E-state index in [0.717, 1.165) is 22.1 Å². The van der Waals surface area contributed by atoms with E-state index in [1.165, 1.54) is 5.56 Å². The highest BCUT2D eigenvalue weighted by molar-refractivity contribution is 9.10. The number of hydrogen-bond acceptors (Lipinski definition) is 3. The Balaban J connectivity index is 2.03. The number of aromatic nitrogens is 3. The number of anilines is 1. The van der Waals surface area contributed by atoms with Crippen LogP contribution in [0.2, 0.25) is 0 Å². The van der Waals surface area contributed by atoms with Crippen LogP contribution in [0, 0.1) is 0 Å². The minimum Gasteiger partial charge on any atom is -0.384 e. The second-order valence-electron chi connectivity index (χ2n) is 4.08. The molecule has 0 spiro atoms. The fourth-order valence-electron chi connectivity index (χ4n) is 1.95. The number of nitrogen functional groups attached to an aromatic ring is 1. The van der Waals surface area contributed by atoms with Gasteiger partial charge in [-0.3, -0.25) is 0 Å². The van der Waals surface area contributed by atoms with E-state index >= 15 is 0 Å². The number of halogens is 1. The van der Waals surface area contributed by atoms with Crippen LogP contribution in [0.4, 0.5) is 5.82 Å². The number of nitrogens with zero attached hydrogens (tertiary/aromatic N) is 3. The van der Waals surface area contributed by atoms with Crippen molar-refractivity contribution in [3.05, 3.63) is 58.3 Å². The van der Waals surface area contributed by atoms with Crippen molar-refractivity contribution in [2.75, 3.05) is 5.73 Å². The van der Waals surface area contributed by atoms with Crippen molar-refractivity contribution in [3.8, 4) is 0 Å². The van der Waals surface area contributed by atoms with Gasteiger partial charge in [0.2, 0.25) is 0 Å². The second kappa shape index (κ2) is 4.42. The van der Waals surface area contributed by atoms with Gasteiger partial charge in [0, 0.05) is 22.7 Å². The van der Waals surface area contributed by atoms with Crippen LogP contribution in [0.25, 0.3) is 5.65 Å². The maximum absolute atomic E-state index is 5.84. The molecule has 2 heterocycles. The zero-order valence-corrected chi connectivity index (χ0v) is 11.1. The molecular weight excluding hydrogens is 292 g/mol. The number of fused-ring (bicyclic) bond motifs is 1. The van der Waals surface area contributed by atoms with E-state index in [2.05, 4.69) is 38.1 Å². The normalized spacial score (nSPS) is 10.9. The van der Waals surface area contributed by atoms with Crippen molar-refractivity contribution in [1.82, 2.24) is 14.6 Å². The van der Waals surface area contributed by atoms with E-state index in [1.807, 2.05) is 18.3 Å². The van der Waals surface area contributed by atoms with Crippen LogP contribution in [0.5, 0.6) is 0 Å². The smallest absolute Gasteiger partial charge is 0.160 e. The van der Waals surface area contributed by atoms with Crippen LogP contribution in [-0.2, 0) is 6.42 Å². The van der Waals surface area contributed by atoms with Gasteiger partial charge in [-0.15, -0.1) is 0 Å². The monoisotopic (exact) mass is 302 g/mol. The van der Waals surface area contributed by atoms with E-state index in [0.29, 0.717) is 5.82 Å². The van der Waals surface area contributed by atoms with E-state index < -0.39 is 0 Å². The van der Waals surface area contributed by atoms with Crippen molar-refractivity contribution >= 4 is 27.4 Å². The molecule has 0 aliphatic rings. The van der Waals surface area contributed by atoms with Crippen LogP contribution in [0.15, 0.2) is 47.2 Å². The van der Waals surface area contributed by atoms with E-state index in [1.54, 1.807) is 16.8 Å². The Morgan fingerprint density at radius 2 is 2.17 bits per heavy atom. The molecule has 1 aromatic carbocycles. The van der Waals surface area contributed by atoms with Gasteiger partial charge in [-0.05, 0) is 23.8 Å². The Bertz CT molecular complexity index is 705. The largest absolute Gasteiger partial charge is 0.384 e. The lowest BCUT2D eigenvalue weighted by Crippen LogP contribution is -1.99. The van der Waals surface area contributed by atoms with Gasteiger partial charge in [-0.2, -0.15) is 9.61 Å². The van der Waals surface area contributed by atoms with Crippen molar-refractivity contribution in [1.29, 1.82) is 0 Å². The molecule has 3 aromatic rings. The van der Waals surface area contributed by atoms with E-state index in [9.17, 15) is 0 Å². The summed E-state index contributed by atoms with van der Waals surface area (Å²) in [6.45, 7) is 0. The van der Waals surface area contributed by atoms with Crippen LogP contribution < -0.4 is 5.73 Å². The first-order valence-electron chi connectivity index (χ1n) is 5.55. The first-order chi connectivity index (χ1) is 8.74. The van der Waals surface area contributed by atoms with Crippen molar-refractivity contribution < 1.29 is 0 Å². The third-order valence-corrected chi connectivity index (χ3v) is 3.28. The highest BCUT2D eigenvalue weighted by Gasteiger charge is 2.07. The van der Waals surface area contributed by atoms with Crippen molar-refractivity contribution in [3.63, 3.8) is 0 Å². The average molecular weight is 303 g/mol. The third-order valence-electron chi connectivity index (χ3n) is 2.79. The first-order valence-corrected chi connectivity index (χ1v) is 6.35. The van der Waals surface area contributed by atoms with Gasteiger partial charge in [0.15, 0.2) is 5.65 Å². The summed E-state index contributed by atoms with van der Waals surface area (Å²) in [5.41, 5.74) is 8.94. The second-order valence-corrected chi connectivity index (χ2v) is 5.00. The molecule has 0 atom stereocenters. The van der Waals surface area contributed by atoms with Gasteiger partial charge in [-0.1, -0.05) is 28.1 Å². The first kappa shape index (κ1) is 11.2. The van der Waals surface area contributed by atoms with Gasteiger partial charge in [0.25, 0.3) is 0 Å². The lowest BCUT2D eigenvalue weighted by Gasteiger charge is -2.01. The molecule has 0 amide bonds. The maximum atomic E-state index is 5.84. The summed E-state index contributed by atoms with van der Waals surface area (Å²) in [7, 11) is 0. The molecule has 0 aliphatic carbocycles. The Morgan fingerprint density at radius 1 is 1.28 bits per heavy atom. The predicted molar refractivity (Wildman–Crippen MR) is 74.3 cm³/mol. The topological polar surface area (TPSA) is 56.2 Å². The fraction of sp³-hybridized carbons (Fsp3) is 0.0769. The molecule has 3 rings (SSSR count). The summed E-state index contributed by atoms with van der Waals surface area (Å²) in [6, 6.07) is 9.95.